The van der Waals surface area contributed by atoms with Crippen molar-refractivity contribution in [1.82, 2.24) is 4.98 Å². The van der Waals surface area contributed by atoms with Crippen LogP contribution in [0.3, 0.4) is 0 Å². The van der Waals surface area contributed by atoms with E-state index in [2.05, 4.69) is 11.1 Å². The molecule has 4 nitrogen and oxygen atoms in total. The molecule has 0 bridgehead atoms. The van der Waals surface area contributed by atoms with Crippen LogP contribution in [0.2, 0.25) is 0 Å². The molecule has 0 atom stereocenters. The second-order valence-corrected chi connectivity index (χ2v) is 3.36. The fraction of sp³-hybridized carbons (Fsp3) is 0.455. The topological polar surface area (TPSA) is 71.9 Å². The lowest BCUT2D eigenvalue weighted by Gasteiger charge is -2.08. The Labute approximate surface area is 89.7 Å². The van der Waals surface area contributed by atoms with Gasteiger partial charge in [0.25, 0.3) is 0 Å². The van der Waals surface area contributed by atoms with Gasteiger partial charge in [-0.1, -0.05) is 0 Å². The van der Waals surface area contributed by atoms with Gasteiger partial charge in [-0.2, -0.15) is 5.26 Å². The van der Waals surface area contributed by atoms with Gasteiger partial charge < -0.3 is 10.5 Å². The van der Waals surface area contributed by atoms with Gasteiger partial charge in [-0.3, -0.25) is 0 Å². The van der Waals surface area contributed by atoms with Crippen LogP contribution in [0.4, 0.5) is 0 Å². The van der Waals surface area contributed by atoms with Crippen molar-refractivity contribution in [2.45, 2.75) is 20.3 Å². The number of nitriles is 1. The van der Waals surface area contributed by atoms with Crippen LogP contribution in [0.1, 0.15) is 23.2 Å². The summed E-state index contributed by atoms with van der Waals surface area (Å²) in [6.45, 7) is 4.83. The third-order valence-corrected chi connectivity index (χ3v) is 2.01. The standard InChI is InChI=1S/C11H15N3O/c1-8-6-9(2)14-11(10(8)7-13)15-5-3-4-12/h6H,3-5,12H2,1-2H3. The molecule has 0 aliphatic rings. The van der Waals surface area contributed by atoms with E-state index < -0.39 is 0 Å². The van der Waals surface area contributed by atoms with Gasteiger partial charge in [0.1, 0.15) is 11.6 Å². The highest BCUT2D eigenvalue weighted by molar-refractivity contribution is 5.45. The SMILES string of the molecule is Cc1cc(C)c(C#N)c(OCCCN)n1. The largest absolute Gasteiger partial charge is 0.477 e. The van der Waals surface area contributed by atoms with E-state index in [0.29, 0.717) is 24.6 Å². The maximum atomic E-state index is 8.95. The van der Waals surface area contributed by atoms with Gasteiger partial charge in [-0.05, 0) is 38.4 Å². The zero-order valence-corrected chi connectivity index (χ0v) is 9.08. The molecule has 1 aromatic heterocycles. The van der Waals surface area contributed by atoms with Gasteiger partial charge in [-0.25, -0.2) is 4.98 Å². The maximum Gasteiger partial charge on any atom is 0.232 e. The van der Waals surface area contributed by atoms with Crippen molar-refractivity contribution >= 4 is 0 Å². The molecule has 0 aliphatic heterocycles. The summed E-state index contributed by atoms with van der Waals surface area (Å²) in [7, 11) is 0. The lowest BCUT2D eigenvalue weighted by Crippen LogP contribution is -2.08. The third kappa shape index (κ3) is 2.93. The Morgan fingerprint density at radius 3 is 2.87 bits per heavy atom. The van der Waals surface area contributed by atoms with Gasteiger partial charge in [0.05, 0.1) is 6.61 Å². The van der Waals surface area contributed by atoms with Crippen LogP contribution in [0, 0.1) is 25.2 Å². The Morgan fingerprint density at radius 1 is 1.53 bits per heavy atom. The first kappa shape index (κ1) is 11.5. The average molecular weight is 205 g/mol. The lowest BCUT2D eigenvalue weighted by molar-refractivity contribution is 0.300. The number of nitrogens with two attached hydrogens (primary N) is 1. The van der Waals surface area contributed by atoms with E-state index in [0.717, 1.165) is 17.7 Å². The average Bonchev–Trinajstić information content (AvgIpc) is 2.17. The van der Waals surface area contributed by atoms with Crippen LogP contribution in [0.25, 0.3) is 0 Å². The first-order valence-electron chi connectivity index (χ1n) is 4.90. The zero-order valence-electron chi connectivity index (χ0n) is 9.08. The van der Waals surface area contributed by atoms with Crippen molar-refractivity contribution < 1.29 is 4.74 Å². The number of nitrogens with zero attached hydrogens (tertiary/aromatic N) is 2. The quantitative estimate of drug-likeness (QED) is 0.752. The number of aromatic nitrogens is 1. The number of hydrogen-bond acceptors (Lipinski definition) is 4. The van der Waals surface area contributed by atoms with Crippen molar-refractivity contribution in [3.8, 4) is 11.9 Å². The molecule has 1 aromatic rings. The molecule has 2 N–H and O–H groups in total. The minimum absolute atomic E-state index is 0.420. The van der Waals surface area contributed by atoms with Crippen LogP contribution < -0.4 is 10.5 Å². The van der Waals surface area contributed by atoms with E-state index in [4.69, 9.17) is 15.7 Å². The Hall–Kier alpha value is -1.60. The van der Waals surface area contributed by atoms with Gasteiger partial charge in [0.15, 0.2) is 0 Å². The number of pyridine rings is 1. The predicted molar refractivity (Wildman–Crippen MR) is 57.6 cm³/mol. The Bertz CT molecular complexity index is 382. The molecule has 4 heteroatoms. The second kappa shape index (κ2) is 5.32. The van der Waals surface area contributed by atoms with Crippen LogP contribution in [-0.4, -0.2) is 18.1 Å². The molecule has 1 rings (SSSR count). The maximum absolute atomic E-state index is 8.95. The molecule has 0 spiro atoms. The number of ether oxygens (including phenoxy) is 1. The smallest absolute Gasteiger partial charge is 0.232 e. The van der Waals surface area contributed by atoms with Gasteiger partial charge in [-0.15, -0.1) is 0 Å². The summed E-state index contributed by atoms with van der Waals surface area (Å²) >= 11 is 0. The summed E-state index contributed by atoms with van der Waals surface area (Å²) in [5, 5.41) is 8.95. The van der Waals surface area contributed by atoms with Crippen molar-refractivity contribution in [3.05, 3.63) is 22.9 Å². The first-order valence-corrected chi connectivity index (χ1v) is 4.90. The molecular weight excluding hydrogens is 190 g/mol. The number of aryl methyl sites for hydroxylation is 2. The fourth-order valence-corrected chi connectivity index (χ4v) is 1.30. The minimum Gasteiger partial charge on any atom is -0.477 e. The van der Waals surface area contributed by atoms with Crippen molar-refractivity contribution in [2.24, 2.45) is 5.73 Å². The van der Waals surface area contributed by atoms with E-state index in [1.807, 2.05) is 19.9 Å². The van der Waals surface area contributed by atoms with E-state index in [1.165, 1.54) is 0 Å². The summed E-state index contributed by atoms with van der Waals surface area (Å²) in [4.78, 5) is 4.19. The normalized spacial score (nSPS) is 9.73. The summed E-state index contributed by atoms with van der Waals surface area (Å²) < 4.78 is 5.42. The monoisotopic (exact) mass is 205 g/mol. The molecule has 15 heavy (non-hydrogen) atoms. The molecular formula is C11H15N3O. The van der Waals surface area contributed by atoms with Crippen molar-refractivity contribution in [3.63, 3.8) is 0 Å². The summed E-state index contributed by atoms with van der Waals surface area (Å²) in [5.74, 6) is 0.420. The van der Waals surface area contributed by atoms with Crippen molar-refractivity contribution in [2.75, 3.05) is 13.2 Å². The molecule has 0 aromatic carbocycles. The Morgan fingerprint density at radius 2 is 2.27 bits per heavy atom. The molecule has 0 aliphatic carbocycles. The first-order chi connectivity index (χ1) is 7.19. The van der Waals surface area contributed by atoms with E-state index >= 15 is 0 Å². The molecule has 0 saturated heterocycles. The molecule has 1 heterocycles. The number of rotatable bonds is 4. The summed E-state index contributed by atoms with van der Waals surface area (Å²) in [6.07, 6.45) is 0.763. The minimum atomic E-state index is 0.420. The fourth-order valence-electron chi connectivity index (χ4n) is 1.30. The summed E-state index contributed by atoms with van der Waals surface area (Å²) in [5.41, 5.74) is 7.62. The number of hydrogen-bond donors (Lipinski definition) is 1. The van der Waals surface area contributed by atoms with Gasteiger partial charge in [0.2, 0.25) is 5.88 Å². The van der Waals surface area contributed by atoms with E-state index in [1.54, 1.807) is 0 Å². The van der Waals surface area contributed by atoms with Crippen molar-refractivity contribution in [1.29, 1.82) is 5.26 Å². The predicted octanol–water partition coefficient (Wildman–Crippen LogP) is 1.30. The molecule has 0 unspecified atom stereocenters. The Balaban J connectivity index is 2.90. The highest BCUT2D eigenvalue weighted by Gasteiger charge is 2.09. The van der Waals surface area contributed by atoms with Gasteiger partial charge >= 0.3 is 0 Å². The third-order valence-electron chi connectivity index (χ3n) is 2.01. The highest BCUT2D eigenvalue weighted by Crippen LogP contribution is 2.19. The van der Waals surface area contributed by atoms with Crippen LogP contribution in [-0.2, 0) is 0 Å². The summed E-state index contributed by atoms with van der Waals surface area (Å²) in [6, 6.07) is 3.97. The van der Waals surface area contributed by atoms with Crippen LogP contribution in [0.15, 0.2) is 6.07 Å². The Kier molecular flexibility index (Phi) is 4.07. The molecule has 0 fully saturated rings. The zero-order chi connectivity index (χ0) is 11.3. The molecule has 80 valence electrons. The molecule has 0 saturated carbocycles. The van der Waals surface area contributed by atoms with E-state index in [9.17, 15) is 0 Å². The lowest BCUT2D eigenvalue weighted by atomic mass is 10.1. The molecule has 0 radical (unpaired) electrons. The van der Waals surface area contributed by atoms with Gasteiger partial charge in [0, 0.05) is 5.69 Å². The molecule has 0 amide bonds. The van der Waals surface area contributed by atoms with Crippen LogP contribution in [0.5, 0.6) is 5.88 Å². The van der Waals surface area contributed by atoms with E-state index in [-0.39, 0.29) is 0 Å². The second-order valence-electron chi connectivity index (χ2n) is 3.36. The highest BCUT2D eigenvalue weighted by atomic mass is 16.5. The van der Waals surface area contributed by atoms with Crippen LogP contribution >= 0.6 is 0 Å².